The molecular formula is C25H21F5N2O4S. The second kappa shape index (κ2) is 11.1. The molecule has 0 saturated heterocycles. The van der Waals surface area contributed by atoms with Crippen molar-refractivity contribution >= 4 is 15.7 Å². The van der Waals surface area contributed by atoms with Crippen LogP contribution in [-0.2, 0) is 16.2 Å². The second-order valence-corrected chi connectivity index (χ2v) is 9.67. The summed E-state index contributed by atoms with van der Waals surface area (Å²) in [6.45, 7) is 1.56. The molecule has 0 amide bonds. The van der Waals surface area contributed by atoms with Crippen LogP contribution in [0.1, 0.15) is 18.9 Å². The average molecular weight is 541 g/mol. The third-order valence-electron chi connectivity index (χ3n) is 5.30. The lowest BCUT2D eigenvalue weighted by molar-refractivity contribution is -0.137. The number of sulfonamides is 1. The van der Waals surface area contributed by atoms with Crippen LogP contribution < -0.4 is 9.04 Å². The molecule has 1 aliphatic rings. The third kappa shape index (κ3) is 6.36. The van der Waals surface area contributed by atoms with Gasteiger partial charge in [0.1, 0.15) is 30.1 Å². The first-order valence-corrected chi connectivity index (χ1v) is 12.3. The zero-order valence-electron chi connectivity index (χ0n) is 19.3. The van der Waals surface area contributed by atoms with Crippen molar-refractivity contribution in [3.8, 4) is 22.9 Å². The summed E-state index contributed by atoms with van der Waals surface area (Å²) in [5.74, 6) is -1.24. The normalized spacial score (nSPS) is 13.9. The first-order valence-electron chi connectivity index (χ1n) is 10.9. The Kier molecular flexibility index (Phi) is 8.40. The van der Waals surface area contributed by atoms with E-state index in [1.54, 1.807) is 13.0 Å². The van der Waals surface area contributed by atoms with Gasteiger partial charge in [-0.1, -0.05) is 19.1 Å². The Bertz CT molecular complexity index is 1420. The summed E-state index contributed by atoms with van der Waals surface area (Å²) in [7, 11) is -4.39. The van der Waals surface area contributed by atoms with Crippen LogP contribution in [0.2, 0.25) is 0 Å². The highest BCUT2D eigenvalue weighted by molar-refractivity contribution is 7.92. The van der Waals surface area contributed by atoms with E-state index in [2.05, 4.69) is 0 Å². The van der Waals surface area contributed by atoms with Crippen LogP contribution in [0, 0.1) is 23.0 Å². The summed E-state index contributed by atoms with van der Waals surface area (Å²) in [4.78, 5) is -0.544. The van der Waals surface area contributed by atoms with Crippen LogP contribution in [0.25, 0.3) is 11.1 Å². The number of alkyl halides is 3. The Morgan fingerprint density at radius 3 is 2.46 bits per heavy atom. The van der Waals surface area contributed by atoms with Crippen molar-refractivity contribution in [3.05, 3.63) is 77.9 Å². The molecule has 0 radical (unpaired) electrons. The van der Waals surface area contributed by atoms with Crippen molar-refractivity contribution in [1.82, 2.24) is 0 Å². The Morgan fingerprint density at radius 1 is 1.11 bits per heavy atom. The molecule has 0 bridgehead atoms. The van der Waals surface area contributed by atoms with Crippen LogP contribution in [0.4, 0.5) is 27.6 Å². The number of halogens is 5. The molecule has 0 aromatic heterocycles. The molecule has 1 heterocycles. The molecule has 0 aliphatic carbocycles. The van der Waals surface area contributed by atoms with E-state index in [0.717, 1.165) is 40.7 Å². The van der Waals surface area contributed by atoms with Crippen LogP contribution in [0.15, 0.2) is 65.6 Å². The summed E-state index contributed by atoms with van der Waals surface area (Å²) in [5, 5.41) is 16.1. The first-order chi connectivity index (χ1) is 17.4. The minimum absolute atomic E-state index is 0.0184. The van der Waals surface area contributed by atoms with Gasteiger partial charge in [-0.05, 0) is 60.5 Å². The smallest absolute Gasteiger partial charge is 0.416 e. The Balaban J connectivity index is 0.000000568. The van der Waals surface area contributed by atoms with Gasteiger partial charge in [-0.15, -0.1) is 0 Å². The highest BCUT2D eigenvalue weighted by Crippen LogP contribution is 2.40. The van der Waals surface area contributed by atoms with Gasteiger partial charge in [0, 0.05) is 5.56 Å². The molecule has 12 heteroatoms. The Labute approximate surface area is 210 Å². The maximum atomic E-state index is 14.2. The van der Waals surface area contributed by atoms with Gasteiger partial charge in [-0.3, -0.25) is 4.31 Å². The van der Waals surface area contributed by atoms with E-state index in [0.29, 0.717) is 12.5 Å². The van der Waals surface area contributed by atoms with Crippen LogP contribution >= 0.6 is 0 Å². The summed E-state index contributed by atoms with van der Waals surface area (Å²) < 4.78 is 99.7. The van der Waals surface area contributed by atoms with Crippen molar-refractivity contribution in [2.45, 2.75) is 30.5 Å². The van der Waals surface area contributed by atoms with Gasteiger partial charge in [-0.2, -0.15) is 18.4 Å². The standard InChI is InChI=1S/C21H14F5NO3S.C4H7NO/c22-15-5-6-18(23)17(12-15)13-4-7-20-19(10-13)27(8-9-30-20)31(28,29)16-3-1-2-14(11-16)21(24,25)26;1-2-4(6)3-5/h1-7,10-12H,8-9H2;4,6H,2H2,1H3. The molecule has 0 saturated carbocycles. The van der Waals surface area contributed by atoms with E-state index in [1.807, 2.05) is 0 Å². The predicted molar refractivity (Wildman–Crippen MR) is 125 cm³/mol. The number of hydrogen-bond donors (Lipinski definition) is 1. The van der Waals surface area contributed by atoms with E-state index in [-0.39, 0.29) is 35.7 Å². The Morgan fingerprint density at radius 2 is 1.84 bits per heavy atom. The monoisotopic (exact) mass is 540 g/mol. The topological polar surface area (TPSA) is 90.6 Å². The van der Waals surface area contributed by atoms with Crippen molar-refractivity contribution in [3.63, 3.8) is 0 Å². The average Bonchev–Trinajstić information content (AvgIpc) is 2.88. The first kappa shape index (κ1) is 27.9. The molecular weight excluding hydrogens is 519 g/mol. The minimum Gasteiger partial charge on any atom is -0.489 e. The van der Waals surface area contributed by atoms with Crippen LogP contribution in [0.5, 0.6) is 5.75 Å². The molecule has 1 unspecified atom stereocenters. The number of aliphatic hydroxyl groups excluding tert-OH is 1. The van der Waals surface area contributed by atoms with E-state index in [1.165, 1.54) is 18.2 Å². The summed E-state index contributed by atoms with van der Waals surface area (Å²) in [6.07, 6.45) is -4.95. The van der Waals surface area contributed by atoms with Gasteiger partial charge < -0.3 is 9.84 Å². The fourth-order valence-electron chi connectivity index (χ4n) is 3.38. The lowest BCUT2D eigenvalue weighted by Gasteiger charge is -2.31. The molecule has 3 aromatic carbocycles. The van der Waals surface area contributed by atoms with Crippen molar-refractivity contribution in [2.24, 2.45) is 0 Å². The van der Waals surface area contributed by atoms with Gasteiger partial charge in [0.2, 0.25) is 0 Å². The van der Waals surface area contributed by atoms with Crippen molar-refractivity contribution in [2.75, 3.05) is 17.5 Å². The summed E-state index contributed by atoms with van der Waals surface area (Å²) >= 11 is 0. The largest absolute Gasteiger partial charge is 0.489 e. The number of hydrogen-bond acceptors (Lipinski definition) is 5. The van der Waals surface area contributed by atoms with E-state index >= 15 is 0 Å². The molecule has 3 aromatic rings. The number of ether oxygens (including phenoxy) is 1. The molecule has 6 nitrogen and oxygen atoms in total. The van der Waals surface area contributed by atoms with Crippen molar-refractivity contribution in [1.29, 1.82) is 5.26 Å². The van der Waals surface area contributed by atoms with Crippen LogP contribution in [-0.4, -0.2) is 32.8 Å². The van der Waals surface area contributed by atoms with Crippen molar-refractivity contribution < 1.29 is 40.2 Å². The molecule has 0 fully saturated rings. The summed E-state index contributed by atoms with van der Waals surface area (Å²) in [5.41, 5.74) is -0.988. The maximum absolute atomic E-state index is 14.2. The molecule has 0 spiro atoms. The minimum atomic E-state index is -4.71. The second-order valence-electron chi connectivity index (χ2n) is 7.81. The maximum Gasteiger partial charge on any atom is 0.416 e. The quantitative estimate of drug-likeness (QED) is 0.348. The molecule has 1 aliphatic heterocycles. The fraction of sp³-hybridized carbons (Fsp3) is 0.240. The fourth-order valence-corrected chi connectivity index (χ4v) is 4.88. The molecule has 4 rings (SSSR count). The highest BCUT2D eigenvalue weighted by atomic mass is 32.2. The molecule has 37 heavy (non-hydrogen) atoms. The van der Waals surface area contributed by atoms with Crippen LogP contribution in [0.3, 0.4) is 0 Å². The number of rotatable bonds is 4. The molecule has 1 atom stereocenters. The van der Waals surface area contributed by atoms with Gasteiger partial charge in [0.05, 0.1) is 28.8 Å². The van der Waals surface area contributed by atoms with Gasteiger partial charge >= 0.3 is 6.18 Å². The van der Waals surface area contributed by atoms with Gasteiger partial charge in [0.15, 0.2) is 0 Å². The zero-order chi connectivity index (χ0) is 27.4. The number of anilines is 1. The van der Waals surface area contributed by atoms with Gasteiger partial charge in [-0.25, -0.2) is 17.2 Å². The molecule has 196 valence electrons. The number of nitriles is 1. The highest BCUT2D eigenvalue weighted by Gasteiger charge is 2.35. The SMILES string of the molecule is CCC(O)C#N.O=S(=O)(c1cccc(C(F)(F)F)c1)N1CCOc2ccc(-c3cc(F)ccc3F)cc21. The molecule has 1 N–H and O–H groups in total. The number of fused-ring (bicyclic) bond motifs is 1. The van der Waals surface area contributed by atoms with E-state index in [4.69, 9.17) is 15.1 Å². The number of benzene rings is 3. The summed E-state index contributed by atoms with van der Waals surface area (Å²) in [6, 6.07) is 12.1. The van der Waals surface area contributed by atoms with E-state index in [9.17, 15) is 30.4 Å². The Hall–Kier alpha value is -3.69. The predicted octanol–water partition coefficient (Wildman–Crippen LogP) is 5.52. The lowest BCUT2D eigenvalue weighted by Crippen LogP contribution is -2.38. The lowest BCUT2D eigenvalue weighted by atomic mass is 10.0. The van der Waals surface area contributed by atoms with Gasteiger partial charge in [0.25, 0.3) is 10.0 Å². The number of nitrogens with zero attached hydrogens (tertiary/aromatic N) is 2. The zero-order valence-corrected chi connectivity index (χ0v) is 20.2. The number of aliphatic hydroxyl groups is 1. The third-order valence-corrected chi connectivity index (χ3v) is 7.11. The van der Waals surface area contributed by atoms with E-state index < -0.39 is 44.4 Å².